The SMILES string of the molecule is CCCN1CC[C@H](CNC(=O)C2(c3cc(C)cc(C)c3)CCC2)C1. The number of aryl methyl sites for hydroxylation is 2. The zero-order chi connectivity index (χ0) is 17.2. The summed E-state index contributed by atoms with van der Waals surface area (Å²) in [5.41, 5.74) is 3.48. The number of likely N-dealkylation sites (tertiary alicyclic amines) is 1. The Morgan fingerprint density at radius 2 is 1.96 bits per heavy atom. The maximum Gasteiger partial charge on any atom is 0.230 e. The van der Waals surface area contributed by atoms with Gasteiger partial charge in [-0.05, 0) is 64.1 Å². The lowest BCUT2D eigenvalue weighted by molar-refractivity contribution is -0.130. The summed E-state index contributed by atoms with van der Waals surface area (Å²) < 4.78 is 0. The van der Waals surface area contributed by atoms with Gasteiger partial charge >= 0.3 is 0 Å². The molecule has 1 N–H and O–H groups in total. The standard InChI is InChI=1S/C21H32N2O/c1-4-9-23-10-6-18(15-23)14-22-20(24)21(7-5-8-21)19-12-16(2)11-17(3)13-19/h11-13,18H,4-10,14-15H2,1-3H3,(H,22,24)/t18-/m1/s1. The lowest BCUT2D eigenvalue weighted by Crippen LogP contribution is -2.50. The van der Waals surface area contributed by atoms with Crippen molar-refractivity contribution < 1.29 is 4.79 Å². The highest BCUT2D eigenvalue weighted by molar-refractivity contribution is 5.89. The van der Waals surface area contributed by atoms with Crippen LogP contribution in [-0.2, 0) is 10.2 Å². The monoisotopic (exact) mass is 328 g/mol. The van der Waals surface area contributed by atoms with E-state index in [-0.39, 0.29) is 11.3 Å². The van der Waals surface area contributed by atoms with E-state index in [1.54, 1.807) is 0 Å². The average molecular weight is 329 g/mol. The van der Waals surface area contributed by atoms with E-state index in [0.717, 1.165) is 32.4 Å². The average Bonchev–Trinajstić information content (AvgIpc) is 2.91. The highest BCUT2D eigenvalue weighted by Gasteiger charge is 2.45. The minimum Gasteiger partial charge on any atom is -0.355 e. The van der Waals surface area contributed by atoms with Crippen molar-refractivity contribution in [2.45, 2.75) is 58.3 Å². The van der Waals surface area contributed by atoms with E-state index in [1.165, 1.54) is 42.6 Å². The number of amides is 1. The Balaban J connectivity index is 1.62. The minimum atomic E-state index is -0.265. The third-order valence-corrected chi connectivity index (χ3v) is 5.88. The Hall–Kier alpha value is -1.35. The van der Waals surface area contributed by atoms with Crippen molar-refractivity contribution in [3.05, 3.63) is 34.9 Å². The summed E-state index contributed by atoms with van der Waals surface area (Å²) in [6.07, 6.45) is 5.59. The molecule has 2 fully saturated rings. The number of carbonyl (C=O) groups excluding carboxylic acids is 1. The molecule has 24 heavy (non-hydrogen) atoms. The van der Waals surface area contributed by atoms with Gasteiger partial charge in [0.1, 0.15) is 0 Å². The molecule has 1 amide bonds. The van der Waals surface area contributed by atoms with Gasteiger partial charge < -0.3 is 10.2 Å². The highest BCUT2D eigenvalue weighted by Crippen LogP contribution is 2.44. The molecular weight excluding hydrogens is 296 g/mol. The van der Waals surface area contributed by atoms with Crippen molar-refractivity contribution in [3.63, 3.8) is 0 Å². The molecule has 1 atom stereocenters. The number of nitrogens with zero attached hydrogens (tertiary/aromatic N) is 1. The summed E-state index contributed by atoms with van der Waals surface area (Å²) >= 11 is 0. The van der Waals surface area contributed by atoms with Crippen molar-refractivity contribution in [3.8, 4) is 0 Å². The molecule has 132 valence electrons. The summed E-state index contributed by atoms with van der Waals surface area (Å²) in [5.74, 6) is 0.879. The van der Waals surface area contributed by atoms with Crippen LogP contribution in [0.1, 0.15) is 55.7 Å². The van der Waals surface area contributed by atoms with E-state index in [4.69, 9.17) is 0 Å². The van der Waals surface area contributed by atoms with Crippen molar-refractivity contribution in [2.24, 2.45) is 5.92 Å². The van der Waals surface area contributed by atoms with Crippen molar-refractivity contribution >= 4 is 5.91 Å². The van der Waals surface area contributed by atoms with Gasteiger partial charge in [0.15, 0.2) is 0 Å². The van der Waals surface area contributed by atoms with E-state index >= 15 is 0 Å². The maximum absolute atomic E-state index is 13.0. The van der Waals surface area contributed by atoms with Crippen LogP contribution in [0, 0.1) is 19.8 Å². The van der Waals surface area contributed by atoms with Crippen molar-refractivity contribution in [1.29, 1.82) is 0 Å². The fourth-order valence-corrected chi connectivity index (χ4v) is 4.43. The zero-order valence-electron chi connectivity index (χ0n) is 15.5. The van der Waals surface area contributed by atoms with Crippen LogP contribution in [0.25, 0.3) is 0 Å². The summed E-state index contributed by atoms with van der Waals surface area (Å²) in [4.78, 5) is 15.5. The Bertz CT molecular complexity index is 571. The summed E-state index contributed by atoms with van der Waals surface area (Å²) in [6.45, 7) is 10.9. The van der Waals surface area contributed by atoms with Gasteiger partial charge in [-0.25, -0.2) is 0 Å². The number of hydrogen-bond donors (Lipinski definition) is 1. The van der Waals surface area contributed by atoms with Gasteiger partial charge in [0.2, 0.25) is 5.91 Å². The topological polar surface area (TPSA) is 32.3 Å². The number of carbonyl (C=O) groups is 1. The number of nitrogens with one attached hydrogen (secondary N) is 1. The van der Waals surface area contributed by atoms with Crippen LogP contribution in [0.15, 0.2) is 18.2 Å². The van der Waals surface area contributed by atoms with Crippen LogP contribution < -0.4 is 5.32 Å². The second kappa shape index (κ2) is 7.26. The van der Waals surface area contributed by atoms with Crippen LogP contribution >= 0.6 is 0 Å². The van der Waals surface area contributed by atoms with Gasteiger partial charge in [0.05, 0.1) is 5.41 Å². The van der Waals surface area contributed by atoms with Gasteiger partial charge in [-0.2, -0.15) is 0 Å². The minimum absolute atomic E-state index is 0.257. The summed E-state index contributed by atoms with van der Waals surface area (Å²) in [7, 11) is 0. The first-order chi connectivity index (χ1) is 11.5. The predicted octanol–water partition coefficient (Wildman–Crippen LogP) is 3.57. The third kappa shape index (κ3) is 3.51. The Morgan fingerprint density at radius 3 is 2.54 bits per heavy atom. The molecular formula is C21H32N2O. The quantitative estimate of drug-likeness (QED) is 0.866. The fourth-order valence-electron chi connectivity index (χ4n) is 4.43. The van der Waals surface area contributed by atoms with E-state index in [1.807, 2.05) is 0 Å². The Kier molecular flexibility index (Phi) is 5.29. The number of hydrogen-bond acceptors (Lipinski definition) is 2. The molecule has 3 heteroatoms. The number of benzene rings is 1. The van der Waals surface area contributed by atoms with Crippen LogP contribution in [0.4, 0.5) is 0 Å². The molecule has 2 aliphatic rings. The molecule has 0 radical (unpaired) electrons. The molecule has 1 aliphatic carbocycles. The van der Waals surface area contributed by atoms with Crippen molar-refractivity contribution in [1.82, 2.24) is 10.2 Å². The molecule has 1 heterocycles. The molecule has 1 aliphatic heterocycles. The van der Waals surface area contributed by atoms with Crippen LogP contribution in [0.2, 0.25) is 0 Å². The second-order valence-corrected chi connectivity index (χ2v) is 7.98. The van der Waals surface area contributed by atoms with Gasteiger partial charge in [0.25, 0.3) is 0 Å². The normalized spacial score (nSPS) is 23.0. The van der Waals surface area contributed by atoms with E-state index in [2.05, 4.69) is 49.2 Å². The maximum atomic E-state index is 13.0. The second-order valence-electron chi connectivity index (χ2n) is 7.98. The smallest absolute Gasteiger partial charge is 0.230 e. The molecule has 3 nitrogen and oxygen atoms in total. The third-order valence-electron chi connectivity index (χ3n) is 5.88. The Morgan fingerprint density at radius 1 is 1.25 bits per heavy atom. The van der Waals surface area contributed by atoms with E-state index < -0.39 is 0 Å². The first-order valence-corrected chi connectivity index (χ1v) is 9.63. The fraction of sp³-hybridized carbons (Fsp3) is 0.667. The first kappa shape index (κ1) is 17.5. The predicted molar refractivity (Wildman–Crippen MR) is 99.3 cm³/mol. The largest absolute Gasteiger partial charge is 0.355 e. The van der Waals surface area contributed by atoms with Crippen molar-refractivity contribution in [2.75, 3.05) is 26.2 Å². The van der Waals surface area contributed by atoms with E-state index in [9.17, 15) is 4.79 Å². The molecule has 3 rings (SSSR count). The molecule has 1 aromatic carbocycles. The molecule has 1 saturated carbocycles. The van der Waals surface area contributed by atoms with E-state index in [0.29, 0.717) is 5.92 Å². The van der Waals surface area contributed by atoms with Crippen LogP contribution in [0.3, 0.4) is 0 Å². The molecule has 0 bridgehead atoms. The first-order valence-electron chi connectivity index (χ1n) is 9.63. The van der Waals surface area contributed by atoms with Gasteiger partial charge in [0, 0.05) is 13.1 Å². The molecule has 1 saturated heterocycles. The zero-order valence-corrected chi connectivity index (χ0v) is 15.5. The summed E-state index contributed by atoms with van der Waals surface area (Å²) in [6, 6.07) is 6.61. The molecule has 0 aromatic heterocycles. The summed E-state index contributed by atoms with van der Waals surface area (Å²) in [5, 5.41) is 3.30. The highest BCUT2D eigenvalue weighted by atomic mass is 16.2. The Labute approximate surface area is 146 Å². The van der Waals surface area contributed by atoms with Gasteiger partial charge in [-0.15, -0.1) is 0 Å². The van der Waals surface area contributed by atoms with Gasteiger partial charge in [-0.3, -0.25) is 4.79 Å². The lowest BCUT2D eigenvalue weighted by Gasteiger charge is -2.41. The molecule has 1 aromatic rings. The van der Waals surface area contributed by atoms with Crippen LogP contribution in [0.5, 0.6) is 0 Å². The molecule has 0 unspecified atom stereocenters. The molecule has 0 spiro atoms. The number of rotatable bonds is 6. The lowest BCUT2D eigenvalue weighted by atomic mass is 9.63. The van der Waals surface area contributed by atoms with Gasteiger partial charge in [-0.1, -0.05) is 42.7 Å². The van der Waals surface area contributed by atoms with Crippen LogP contribution in [-0.4, -0.2) is 37.0 Å².